The van der Waals surface area contributed by atoms with Gasteiger partial charge in [0.1, 0.15) is 0 Å². The van der Waals surface area contributed by atoms with Gasteiger partial charge in [-0.2, -0.15) is 13.2 Å². The molecule has 9 heteroatoms. The number of carboxylic acids is 1. The second kappa shape index (κ2) is 8.35. The second-order valence-corrected chi connectivity index (χ2v) is 6.33. The molecule has 0 radical (unpaired) electrons. The fourth-order valence-electron chi connectivity index (χ4n) is 2.86. The molecular weight excluding hydrogens is 341 g/mol. The summed E-state index contributed by atoms with van der Waals surface area (Å²) in [5.74, 6) is -1.92. The second-order valence-electron chi connectivity index (χ2n) is 6.33. The SMILES string of the molecule is CCOC(=O)[C@]1(C)CC[C@@H](N/C(CC(F)(F)F)=C(\C=N)C(=O)O)CC1. The van der Waals surface area contributed by atoms with Crippen LogP contribution in [0.1, 0.15) is 46.0 Å². The van der Waals surface area contributed by atoms with Crippen LogP contribution in [0.3, 0.4) is 0 Å². The Bertz CT molecular complexity index is 550. The van der Waals surface area contributed by atoms with E-state index in [-0.39, 0.29) is 12.6 Å². The van der Waals surface area contributed by atoms with E-state index < -0.39 is 41.3 Å². The first-order valence-electron chi connectivity index (χ1n) is 8.00. The quantitative estimate of drug-likeness (QED) is 0.366. The number of carbonyl (C=O) groups excluding carboxylic acids is 1. The third-order valence-electron chi connectivity index (χ3n) is 4.31. The van der Waals surface area contributed by atoms with Gasteiger partial charge in [-0.3, -0.25) is 4.79 Å². The number of alkyl halides is 3. The van der Waals surface area contributed by atoms with Crippen molar-refractivity contribution in [1.29, 1.82) is 5.41 Å². The topological polar surface area (TPSA) is 99.5 Å². The predicted molar refractivity (Wildman–Crippen MR) is 84.2 cm³/mol. The van der Waals surface area contributed by atoms with Gasteiger partial charge in [0.15, 0.2) is 0 Å². The largest absolute Gasteiger partial charge is 0.478 e. The maximum absolute atomic E-state index is 12.7. The highest BCUT2D eigenvalue weighted by atomic mass is 19.4. The number of hydrogen-bond acceptors (Lipinski definition) is 5. The van der Waals surface area contributed by atoms with Crippen LogP contribution in [0.2, 0.25) is 0 Å². The summed E-state index contributed by atoms with van der Waals surface area (Å²) < 4.78 is 43.2. The van der Waals surface area contributed by atoms with Crippen molar-refractivity contribution in [3.63, 3.8) is 0 Å². The molecule has 0 aromatic carbocycles. The highest BCUT2D eigenvalue weighted by molar-refractivity contribution is 6.08. The molecule has 0 saturated heterocycles. The standard InChI is InChI=1S/C16H23F3N2O4/c1-3-25-14(24)15(2)6-4-10(5-7-15)21-12(8-16(17,18)19)11(9-20)13(22)23/h9-10,20-21H,3-8H2,1-2H3,(H,22,23)/b12-11+,20-9?/t10-,15-. The third-order valence-corrected chi connectivity index (χ3v) is 4.31. The molecule has 0 aromatic rings. The lowest BCUT2D eigenvalue weighted by molar-refractivity contribution is -0.156. The van der Waals surface area contributed by atoms with Crippen LogP contribution in [-0.2, 0) is 14.3 Å². The number of esters is 1. The van der Waals surface area contributed by atoms with Gasteiger partial charge in [-0.1, -0.05) is 0 Å². The molecule has 0 spiro atoms. The van der Waals surface area contributed by atoms with Crippen LogP contribution in [0, 0.1) is 10.8 Å². The monoisotopic (exact) mass is 364 g/mol. The predicted octanol–water partition coefficient (Wildman–Crippen LogP) is 3.03. The summed E-state index contributed by atoms with van der Waals surface area (Å²) >= 11 is 0. The van der Waals surface area contributed by atoms with Crippen LogP contribution < -0.4 is 5.32 Å². The number of ether oxygens (including phenoxy) is 1. The third kappa shape index (κ3) is 6.06. The van der Waals surface area contributed by atoms with Gasteiger partial charge in [-0.15, -0.1) is 0 Å². The summed E-state index contributed by atoms with van der Waals surface area (Å²) in [6.45, 7) is 3.72. The number of hydrogen-bond donors (Lipinski definition) is 3. The van der Waals surface area contributed by atoms with E-state index in [4.69, 9.17) is 15.3 Å². The van der Waals surface area contributed by atoms with Crippen molar-refractivity contribution in [2.75, 3.05) is 6.61 Å². The smallest absolute Gasteiger partial charge is 0.394 e. The molecular formula is C16H23F3N2O4. The molecule has 0 atom stereocenters. The van der Waals surface area contributed by atoms with Gasteiger partial charge >= 0.3 is 18.1 Å². The van der Waals surface area contributed by atoms with Crippen LogP contribution in [0.4, 0.5) is 13.2 Å². The van der Waals surface area contributed by atoms with Gasteiger partial charge in [0.25, 0.3) is 0 Å². The van der Waals surface area contributed by atoms with Crippen LogP contribution in [0.5, 0.6) is 0 Å². The maximum Gasteiger partial charge on any atom is 0.394 e. The first-order chi connectivity index (χ1) is 11.5. The average Bonchev–Trinajstić information content (AvgIpc) is 2.48. The maximum atomic E-state index is 12.7. The van der Waals surface area contributed by atoms with E-state index in [9.17, 15) is 22.8 Å². The van der Waals surface area contributed by atoms with Crippen molar-refractivity contribution in [2.45, 2.75) is 58.2 Å². The Morgan fingerprint density at radius 1 is 1.36 bits per heavy atom. The Kier molecular flexibility index (Phi) is 7.01. The highest BCUT2D eigenvalue weighted by Gasteiger charge is 2.40. The molecule has 142 valence electrons. The summed E-state index contributed by atoms with van der Waals surface area (Å²) in [5, 5.41) is 18.7. The molecule has 0 bridgehead atoms. The Hall–Kier alpha value is -2.06. The van der Waals surface area contributed by atoms with Crippen molar-refractivity contribution in [1.82, 2.24) is 5.32 Å². The first-order valence-corrected chi connectivity index (χ1v) is 8.00. The molecule has 0 heterocycles. The van der Waals surface area contributed by atoms with E-state index in [2.05, 4.69) is 5.32 Å². The summed E-state index contributed by atoms with van der Waals surface area (Å²) in [4.78, 5) is 23.1. The van der Waals surface area contributed by atoms with E-state index in [1.807, 2.05) is 0 Å². The zero-order valence-corrected chi connectivity index (χ0v) is 14.2. The van der Waals surface area contributed by atoms with Gasteiger partial charge < -0.3 is 20.6 Å². The minimum absolute atomic E-state index is 0.260. The number of allylic oxidation sites excluding steroid dienone is 1. The van der Waals surface area contributed by atoms with Crippen LogP contribution in [-0.4, -0.2) is 42.1 Å². The first kappa shape index (κ1) is 21.0. The minimum Gasteiger partial charge on any atom is -0.478 e. The summed E-state index contributed by atoms with van der Waals surface area (Å²) in [5.41, 5.74) is -1.92. The number of halogens is 3. The van der Waals surface area contributed by atoms with Crippen LogP contribution in [0.25, 0.3) is 0 Å². The summed E-state index contributed by atoms with van der Waals surface area (Å²) in [6.07, 6.45) is -3.98. The number of rotatable bonds is 7. The number of nitrogens with one attached hydrogen (secondary N) is 2. The molecule has 1 saturated carbocycles. The number of carbonyl (C=O) groups is 2. The molecule has 1 rings (SSSR count). The van der Waals surface area contributed by atoms with Crippen LogP contribution >= 0.6 is 0 Å². The Morgan fingerprint density at radius 3 is 2.32 bits per heavy atom. The van der Waals surface area contributed by atoms with E-state index in [1.54, 1.807) is 13.8 Å². The minimum atomic E-state index is -4.60. The molecule has 0 aliphatic heterocycles. The molecule has 3 N–H and O–H groups in total. The Morgan fingerprint density at radius 2 is 1.92 bits per heavy atom. The zero-order chi connectivity index (χ0) is 19.3. The van der Waals surface area contributed by atoms with Crippen LogP contribution in [0.15, 0.2) is 11.3 Å². The van der Waals surface area contributed by atoms with Gasteiger partial charge in [0.05, 0.1) is 24.0 Å². The average molecular weight is 364 g/mol. The van der Waals surface area contributed by atoms with E-state index in [1.165, 1.54) is 0 Å². The van der Waals surface area contributed by atoms with E-state index >= 15 is 0 Å². The fraction of sp³-hybridized carbons (Fsp3) is 0.688. The van der Waals surface area contributed by atoms with E-state index in [0.29, 0.717) is 31.9 Å². The zero-order valence-electron chi connectivity index (χ0n) is 14.2. The highest BCUT2D eigenvalue weighted by Crippen LogP contribution is 2.38. The molecule has 0 unspecified atom stereocenters. The number of carboxylic acid groups (broad SMARTS) is 1. The Balaban J connectivity index is 2.86. The lowest BCUT2D eigenvalue weighted by Gasteiger charge is -2.36. The van der Waals surface area contributed by atoms with Crippen molar-refractivity contribution in [3.8, 4) is 0 Å². The van der Waals surface area contributed by atoms with Gasteiger partial charge in [-0.05, 0) is 39.5 Å². The lowest BCUT2D eigenvalue weighted by atomic mass is 9.74. The molecule has 25 heavy (non-hydrogen) atoms. The molecule has 1 aliphatic rings. The van der Waals surface area contributed by atoms with Crippen molar-refractivity contribution < 1.29 is 32.6 Å². The lowest BCUT2D eigenvalue weighted by Crippen LogP contribution is -2.41. The molecule has 1 fully saturated rings. The van der Waals surface area contributed by atoms with Crippen molar-refractivity contribution >= 4 is 18.2 Å². The van der Waals surface area contributed by atoms with Gasteiger partial charge in [-0.25, -0.2) is 4.79 Å². The van der Waals surface area contributed by atoms with Crippen molar-refractivity contribution in [2.24, 2.45) is 5.41 Å². The number of aliphatic carboxylic acids is 1. The van der Waals surface area contributed by atoms with Gasteiger partial charge in [0.2, 0.25) is 0 Å². The molecule has 1 aliphatic carbocycles. The summed E-state index contributed by atoms with van der Waals surface area (Å²) in [7, 11) is 0. The fourth-order valence-corrected chi connectivity index (χ4v) is 2.86. The summed E-state index contributed by atoms with van der Waals surface area (Å²) in [6, 6.07) is -0.394. The normalized spacial score (nSPS) is 24.9. The van der Waals surface area contributed by atoms with E-state index in [0.717, 1.165) is 0 Å². The van der Waals surface area contributed by atoms with Crippen molar-refractivity contribution in [3.05, 3.63) is 11.3 Å². The molecule has 0 aromatic heterocycles. The Labute approximate surface area is 143 Å². The van der Waals surface area contributed by atoms with Gasteiger partial charge in [0, 0.05) is 18.0 Å². The molecule has 0 amide bonds. The molecule has 6 nitrogen and oxygen atoms in total.